The molecule has 0 aromatic heterocycles. The van der Waals surface area contributed by atoms with Gasteiger partial charge in [0.15, 0.2) is 5.96 Å². The molecule has 0 radical (unpaired) electrons. The van der Waals surface area contributed by atoms with Gasteiger partial charge in [-0.2, -0.15) is 0 Å². The number of guanidine groups is 1. The fourth-order valence-corrected chi connectivity index (χ4v) is 5.41. The number of nitrogens with one attached hydrogen (secondary N) is 1. The van der Waals surface area contributed by atoms with E-state index in [-0.39, 0.29) is 0 Å². The standard InChI is InChI=1S/C23H36N4O/c24-22(26-21-9-5-2-6-10-21)25-15-20-17-27(16-19-7-3-1-4-8-19)18-23(20)11-13-28-14-12-23/h1,3-4,7-8,20-21H,2,5-6,9-18H2,(H3,24,25,26). The molecule has 0 amide bonds. The van der Waals surface area contributed by atoms with Crippen LogP contribution in [0.4, 0.5) is 0 Å². The van der Waals surface area contributed by atoms with E-state index in [1.54, 1.807) is 0 Å². The molecule has 1 saturated carbocycles. The van der Waals surface area contributed by atoms with Crippen molar-refractivity contribution in [3.63, 3.8) is 0 Å². The minimum absolute atomic E-state index is 0.335. The lowest BCUT2D eigenvalue weighted by Crippen LogP contribution is -2.42. The summed E-state index contributed by atoms with van der Waals surface area (Å²) in [6, 6.07) is 11.3. The summed E-state index contributed by atoms with van der Waals surface area (Å²) in [5.74, 6) is 1.21. The normalized spacial score (nSPS) is 26.6. The quantitative estimate of drug-likeness (QED) is 0.605. The zero-order chi connectivity index (χ0) is 19.2. The maximum absolute atomic E-state index is 6.26. The fourth-order valence-electron chi connectivity index (χ4n) is 5.41. The first-order valence-corrected chi connectivity index (χ1v) is 11.1. The van der Waals surface area contributed by atoms with Crippen molar-refractivity contribution in [2.24, 2.45) is 22.1 Å². The SMILES string of the molecule is NC(=NCC1CN(Cc2ccccc2)CC12CCOCC2)NC1CCCCC1. The molecule has 28 heavy (non-hydrogen) atoms. The second-order valence-corrected chi connectivity index (χ2v) is 9.03. The van der Waals surface area contributed by atoms with Gasteiger partial charge in [-0.1, -0.05) is 49.6 Å². The predicted octanol–water partition coefficient (Wildman–Crippen LogP) is 3.15. The Morgan fingerprint density at radius 3 is 2.64 bits per heavy atom. The van der Waals surface area contributed by atoms with Crippen molar-refractivity contribution in [1.82, 2.24) is 10.2 Å². The average molecular weight is 385 g/mol. The summed E-state index contributed by atoms with van der Waals surface area (Å²) < 4.78 is 5.69. The Morgan fingerprint density at radius 1 is 1.14 bits per heavy atom. The molecular weight excluding hydrogens is 348 g/mol. The van der Waals surface area contributed by atoms with Crippen molar-refractivity contribution in [1.29, 1.82) is 0 Å². The Kier molecular flexibility index (Phi) is 6.53. The highest BCUT2D eigenvalue weighted by Gasteiger charge is 2.46. The third kappa shape index (κ3) is 4.87. The first-order valence-electron chi connectivity index (χ1n) is 11.1. The Morgan fingerprint density at radius 2 is 1.89 bits per heavy atom. The summed E-state index contributed by atoms with van der Waals surface area (Å²) in [6.45, 7) is 5.89. The molecule has 1 unspecified atom stereocenters. The van der Waals surface area contributed by atoms with E-state index >= 15 is 0 Å². The van der Waals surface area contributed by atoms with E-state index < -0.39 is 0 Å². The molecule has 1 aliphatic carbocycles. The molecule has 5 nitrogen and oxygen atoms in total. The molecule has 154 valence electrons. The van der Waals surface area contributed by atoms with Crippen LogP contribution in [0.3, 0.4) is 0 Å². The van der Waals surface area contributed by atoms with Gasteiger partial charge in [0.2, 0.25) is 0 Å². The van der Waals surface area contributed by atoms with Gasteiger partial charge in [-0.25, -0.2) is 0 Å². The lowest BCUT2D eigenvalue weighted by atomic mass is 9.72. The van der Waals surface area contributed by atoms with E-state index in [1.165, 1.54) is 37.7 Å². The van der Waals surface area contributed by atoms with Crippen LogP contribution >= 0.6 is 0 Å². The number of ether oxygens (including phenoxy) is 1. The molecule has 1 spiro atoms. The summed E-state index contributed by atoms with van der Waals surface area (Å²) in [5, 5.41) is 3.47. The van der Waals surface area contributed by atoms with Crippen LogP contribution in [0.5, 0.6) is 0 Å². The lowest BCUT2D eigenvalue weighted by molar-refractivity contribution is 0.00110. The van der Waals surface area contributed by atoms with Crippen molar-refractivity contribution >= 4 is 5.96 Å². The van der Waals surface area contributed by atoms with Crippen LogP contribution in [-0.2, 0) is 11.3 Å². The van der Waals surface area contributed by atoms with Gasteiger partial charge in [-0.15, -0.1) is 0 Å². The van der Waals surface area contributed by atoms with Crippen LogP contribution < -0.4 is 11.1 Å². The van der Waals surface area contributed by atoms with Crippen LogP contribution in [0.1, 0.15) is 50.5 Å². The van der Waals surface area contributed by atoms with Crippen LogP contribution in [0, 0.1) is 11.3 Å². The fraction of sp³-hybridized carbons (Fsp3) is 0.696. The first-order chi connectivity index (χ1) is 13.7. The van der Waals surface area contributed by atoms with Gasteiger partial charge in [0.1, 0.15) is 0 Å². The first kappa shape index (κ1) is 19.7. The zero-order valence-corrected chi connectivity index (χ0v) is 17.1. The summed E-state index contributed by atoms with van der Waals surface area (Å²) >= 11 is 0. The Labute approximate surface area is 169 Å². The minimum Gasteiger partial charge on any atom is -0.381 e. The third-order valence-corrected chi connectivity index (χ3v) is 7.06. The number of nitrogens with two attached hydrogens (primary N) is 1. The molecule has 3 N–H and O–H groups in total. The molecule has 1 atom stereocenters. The van der Waals surface area contributed by atoms with Crippen molar-refractivity contribution in [2.45, 2.75) is 57.5 Å². The number of benzene rings is 1. The molecule has 3 fully saturated rings. The smallest absolute Gasteiger partial charge is 0.188 e. The minimum atomic E-state index is 0.335. The largest absolute Gasteiger partial charge is 0.381 e. The van der Waals surface area contributed by atoms with E-state index in [2.05, 4.69) is 40.5 Å². The molecule has 2 aliphatic heterocycles. The second-order valence-electron chi connectivity index (χ2n) is 9.03. The maximum atomic E-state index is 6.26. The highest BCUT2D eigenvalue weighted by molar-refractivity contribution is 5.78. The summed E-state index contributed by atoms with van der Waals surface area (Å²) in [5.41, 5.74) is 7.99. The second kappa shape index (κ2) is 9.27. The van der Waals surface area contributed by atoms with Gasteiger partial charge in [-0.05, 0) is 42.6 Å². The average Bonchev–Trinajstić information content (AvgIpc) is 3.04. The Bertz CT molecular complexity index is 635. The topological polar surface area (TPSA) is 62.9 Å². The maximum Gasteiger partial charge on any atom is 0.188 e. The monoisotopic (exact) mass is 384 g/mol. The number of nitrogens with zero attached hydrogens (tertiary/aromatic N) is 2. The molecule has 0 bridgehead atoms. The van der Waals surface area contributed by atoms with Gasteiger partial charge in [-0.3, -0.25) is 9.89 Å². The number of likely N-dealkylation sites (tertiary alicyclic amines) is 1. The van der Waals surface area contributed by atoms with Crippen LogP contribution in [0.2, 0.25) is 0 Å². The van der Waals surface area contributed by atoms with E-state index in [4.69, 9.17) is 15.5 Å². The number of aliphatic imine (C=N–C) groups is 1. The number of rotatable bonds is 5. The third-order valence-electron chi connectivity index (χ3n) is 7.06. The van der Waals surface area contributed by atoms with E-state index in [0.717, 1.165) is 52.2 Å². The molecule has 1 aromatic rings. The molecular formula is C23H36N4O. The van der Waals surface area contributed by atoms with Crippen molar-refractivity contribution in [3.05, 3.63) is 35.9 Å². The predicted molar refractivity (Wildman–Crippen MR) is 114 cm³/mol. The highest BCUT2D eigenvalue weighted by Crippen LogP contribution is 2.44. The molecule has 2 heterocycles. The van der Waals surface area contributed by atoms with Crippen molar-refractivity contribution < 1.29 is 4.74 Å². The molecule has 4 rings (SSSR count). The lowest BCUT2D eigenvalue weighted by Gasteiger charge is -2.37. The number of hydrogen-bond acceptors (Lipinski definition) is 3. The Hall–Kier alpha value is -1.59. The summed E-state index contributed by atoms with van der Waals surface area (Å²) in [7, 11) is 0. The van der Waals surface area contributed by atoms with Crippen LogP contribution in [0.25, 0.3) is 0 Å². The summed E-state index contributed by atoms with van der Waals surface area (Å²) in [4.78, 5) is 7.42. The van der Waals surface area contributed by atoms with Crippen LogP contribution in [0.15, 0.2) is 35.3 Å². The van der Waals surface area contributed by atoms with Crippen LogP contribution in [-0.4, -0.2) is 49.7 Å². The van der Waals surface area contributed by atoms with E-state index in [0.29, 0.717) is 23.3 Å². The van der Waals surface area contributed by atoms with E-state index in [9.17, 15) is 0 Å². The highest BCUT2D eigenvalue weighted by atomic mass is 16.5. The van der Waals surface area contributed by atoms with Gasteiger partial charge in [0.05, 0.1) is 0 Å². The summed E-state index contributed by atoms with van der Waals surface area (Å²) in [6.07, 6.45) is 8.73. The zero-order valence-electron chi connectivity index (χ0n) is 17.1. The van der Waals surface area contributed by atoms with Gasteiger partial charge < -0.3 is 15.8 Å². The van der Waals surface area contributed by atoms with Gasteiger partial charge in [0.25, 0.3) is 0 Å². The van der Waals surface area contributed by atoms with Crippen molar-refractivity contribution in [2.75, 3.05) is 32.8 Å². The molecule has 3 aliphatic rings. The molecule has 1 aromatic carbocycles. The number of hydrogen-bond donors (Lipinski definition) is 2. The molecule has 2 saturated heterocycles. The van der Waals surface area contributed by atoms with Gasteiger partial charge >= 0.3 is 0 Å². The molecule has 5 heteroatoms. The van der Waals surface area contributed by atoms with Gasteiger partial charge in [0, 0.05) is 45.4 Å². The van der Waals surface area contributed by atoms with E-state index in [1.807, 2.05) is 0 Å². The van der Waals surface area contributed by atoms with Crippen molar-refractivity contribution in [3.8, 4) is 0 Å². The Balaban J connectivity index is 1.39.